The minimum Gasteiger partial charge on any atom is -0.330 e. The monoisotopic (exact) mass is 175 g/mol. The molecular formula is C11H13NO. The van der Waals surface area contributed by atoms with Crippen LogP contribution in [0.15, 0.2) is 36.0 Å². The highest BCUT2D eigenvalue weighted by Gasteiger charge is 1.92. The third kappa shape index (κ3) is 3.56. The molecule has 0 aliphatic carbocycles. The van der Waals surface area contributed by atoms with Crippen LogP contribution in [0.1, 0.15) is 19.4 Å². The van der Waals surface area contributed by atoms with Gasteiger partial charge in [0.15, 0.2) is 0 Å². The fourth-order valence-electron chi connectivity index (χ4n) is 1.11. The summed E-state index contributed by atoms with van der Waals surface area (Å²) in [5, 5.41) is 2.71. The number of carbonyl (C=O) groups is 1. The second-order valence-corrected chi connectivity index (χ2v) is 2.92. The van der Waals surface area contributed by atoms with Crippen LogP contribution in [0.4, 0.5) is 0 Å². The van der Waals surface area contributed by atoms with Gasteiger partial charge in [-0.15, -0.1) is 0 Å². The second kappa shape index (κ2) is 4.45. The van der Waals surface area contributed by atoms with Crippen LogP contribution < -0.4 is 5.32 Å². The maximum atomic E-state index is 10.7. The smallest absolute Gasteiger partial charge is 0.220 e. The van der Waals surface area contributed by atoms with Crippen molar-refractivity contribution in [2.45, 2.75) is 13.8 Å². The minimum absolute atomic E-state index is 0.0373. The Kier molecular flexibility index (Phi) is 3.26. The van der Waals surface area contributed by atoms with Crippen LogP contribution in [-0.2, 0) is 4.79 Å². The molecule has 68 valence electrons. The first-order valence-corrected chi connectivity index (χ1v) is 4.19. The summed E-state index contributed by atoms with van der Waals surface area (Å²) in [6.07, 6.45) is 1.93. The number of hydrogen-bond acceptors (Lipinski definition) is 1. The summed E-state index contributed by atoms with van der Waals surface area (Å²) in [6.45, 7) is 3.37. The predicted molar refractivity (Wildman–Crippen MR) is 53.9 cm³/mol. The van der Waals surface area contributed by atoms with Gasteiger partial charge < -0.3 is 5.32 Å². The maximum absolute atomic E-state index is 10.7. The average molecular weight is 175 g/mol. The lowest BCUT2D eigenvalue weighted by molar-refractivity contribution is -0.118. The van der Waals surface area contributed by atoms with E-state index in [1.54, 1.807) is 0 Å². The molecule has 1 N–H and O–H groups in total. The molecule has 0 heterocycles. The molecule has 0 atom stereocenters. The number of carbonyl (C=O) groups excluding carboxylic acids is 1. The van der Waals surface area contributed by atoms with Crippen molar-refractivity contribution in [1.82, 2.24) is 5.32 Å². The van der Waals surface area contributed by atoms with Crippen molar-refractivity contribution < 1.29 is 4.79 Å². The van der Waals surface area contributed by atoms with Gasteiger partial charge in [0.25, 0.3) is 0 Å². The topological polar surface area (TPSA) is 29.1 Å². The maximum Gasteiger partial charge on any atom is 0.220 e. The summed E-state index contributed by atoms with van der Waals surface area (Å²) < 4.78 is 0. The van der Waals surface area contributed by atoms with Crippen LogP contribution in [0.2, 0.25) is 0 Å². The van der Waals surface area contributed by atoms with Gasteiger partial charge >= 0.3 is 0 Å². The number of rotatable bonds is 2. The lowest BCUT2D eigenvalue weighted by atomic mass is 10.2. The molecular weight excluding hydrogens is 162 g/mol. The number of allylic oxidation sites excluding steroid dienone is 1. The molecule has 13 heavy (non-hydrogen) atoms. The van der Waals surface area contributed by atoms with E-state index in [1.165, 1.54) is 6.92 Å². The quantitative estimate of drug-likeness (QED) is 0.733. The molecule has 2 nitrogen and oxygen atoms in total. The number of hydrogen-bond donors (Lipinski definition) is 1. The van der Waals surface area contributed by atoms with E-state index in [0.29, 0.717) is 0 Å². The van der Waals surface area contributed by atoms with Gasteiger partial charge in [0.05, 0.1) is 0 Å². The van der Waals surface area contributed by atoms with E-state index in [2.05, 4.69) is 5.32 Å². The molecule has 0 saturated heterocycles. The van der Waals surface area contributed by atoms with Crippen LogP contribution in [0, 0.1) is 0 Å². The van der Waals surface area contributed by atoms with Crippen molar-refractivity contribution in [1.29, 1.82) is 0 Å². The highest BCUT2D eigenvalue weighted by Crippen LogP contribution is 2.03. The zero-order valence-corrected chi connectivity index (χ0v) is 7.87. The molecule has 0 fully saturated rings. The van der Waals surface area contributed by atoms with Gasteiger partial charge in [0.1, 0.15) is 0 Å². The standard InChI is InChI=1S/C11H13NO/c1-9(12-10(2)13)8-11-6-4-3-5-7-11/h3-8H,1-2H3,(H,12,13). The molecule has 0 radical (unpaired) electrons. The highest BCUT2D eigenvalue weighted by molar-refractivity contribution is 5.76. The lowest BCUT2D eigenvalue weighted by Gasteiger charge is -2.00. The summed E-state index contributed by atoms with van der Waals surface area (Å²) >= 11 is 0. The molecule has 1 amide bonds. The molecule has 0 aromatic heterocycles. The van der Waals surface area contributed by atoms with Gasteiger partial charge in [-0.25, -0.2) is 0 Å². The summed E-state index contributed by atoms with van der Waals surface area (Å²) in [7, 11) is 0. The van der Waals surface area contributed by atoms with E-state index < -0.39 is 0 Å². The van der Waals surface area contributed by atoms with Crippen LogP contribution in [0.3, 0.4) is 0 Å². The number of nitrogens with one attached hydrogen (secondary N) is 1. The van der Waals surface area contributed by atoms with Gasteiger partial charge in [0, 0.05) is 12.6 Å². The normalized spacial score (nSPS) is 11.1. The molecule has 1 aromatic rings. The first-order valence-electron chi connectivity index (χ1n) is 4.19. The lowest BCUT2D eigenvalue weighted by Crippen LogP contribution is -2.16. The molecule has 0 bridgehead atoms. The van der Waals surface area contributed by atoms with Crippen molar-refractivity contribution in [2.75, 3.05) is 0 Å². The van der Waals surface area contributed by atoms with Gasteiger partial charge in [-0.05, 0) is 18.6 Å². The Balaban J connectivity index is 2.71. The summed E-state index contributed by atoms with van der Waals surface area (Å²) in [4.78, 5) is 10.7. The Morgan fingerprint density at radius 2 is 1.85 bits per heavy atom. The fraction of sp³-hybridized carbons (Fsp3) is 0.182. The van der Waals surface area contributed by atoms with E-state index in [9.17, 15) is 4.79 Å². The van der Waals surface area contributed by atoms with E-state index in [0.717, 1.165) is 11.3 Å². The summed E-state index contributed by atoms with van der Waals surface area (Å²) in [5.41, 5.74) is 1.95. The molecule has 1 rings (SSSR count). The Bertz CT molecular complexity index is 314. The molecule has 0 saturated carbocycles. The Morgan fingerprint density at radius 3 is 2.38 bits per heavy atom. The van der Waals surface area contributed by atoms with Crippen molar-refractivity contribution in [2.24, 2.45) is 0 Å². The van der Waals surface area contributed by atoms with Gasteiger partial charge in [0.2, 0.25) is 5.91 Å². The van der Waals surface area contributed by atoms with Gasteiger partial charge in [-0.1, -0.05) is 30.3 Å². The highest BCUT2D eigenvalue weighted by atomic mass is 16.1. The molecule has 1 aromatic carbocycles. The van der Waals surface area contributed by atoms with Crippen molar-refractivity contribution in [3.05, 3.63) is 41.6 Å². The molecule has 0 aliphatic heterocycles. The van der Waals surface area contributed by atoms with E-state index >= 15 is 0 Å². The van der Waals surface area contributed by atoms with Crippen molar-refractivity contribution in [3.63, 3.8) is 0 Å². The zero-order valence-electron chi connectivity index (χ0n) is 7.87. The molecule has 0 aliphatic rings. The Morgan fingerprint density at radius 1 is 1.23 bits per heavy atom. The zero-order chi connectivity index (χ0) is 9.68. The fourth-order valence-corrected chi connectivity index (χ4v) is 1.11. The SMILES string of the molecule is CC(=O)NC(C)=Cc1ccccc1. The molecule has 0 spiro atoms. The van der Waals surface area contributed by atoms with Crippen molar-refractivity contribution >= 4 is 12.0 Å². The van der Waals surface area contributed by atoms with Gasteiger partial charge in [-0.3, -0.25) is 4.79 Å². The summed E-state index contributed by atoms with van der Waals surface area (Å²) in [5.74, 6) is -0.0373. The first kappa shape index (κ1) is 9.52. The first-order chi connectivity index (χ1) is 6.18. The predicted octanol–water partition coefficient (Wildman–Crippen LogP) is 2.18. The number of amides is 1. The van der Waals surface area contributed by atoms with Crippen LogP contribution >= 0.6 is 0 Å². The van der Waals surface area contributed by atoms with E-state index in [-0.39, 0.29) is 5.91 Å². The Labute approximate surface area is 78.3 Å². The second-order valence-electron chi connectivity index (χ2n) is 2.92. The van der Waals surface area contributed by atoms with Crippen LogP contribution in [0.25, 0.3) is 6.08 Å². The number of benzene rings is 1. The average Bonchev–Trinajstić information content (AvgIpc) is 2.04. The van der Waals surface area contributed by atoms with Crippen LogP contribution in [-0.4, -0.2) is 5.91 Å². The van der Waals surface area contributed by atoms with E-state index in [1.807, 2.05) is 43.3 Å². The van der Waals surface area contributed by atoms with Crippen molar-refractivity contribution in [3.8, 4) is 0 Å². The minimum atomic E-state index is -0.0373. The molecule has 2 heteroatoms. The summed E-state index contributed by atoms with van der Waals surface area (Å²) in [6, 6.07) is 9.88. The molecule has 0 unspecified atom stereocenters. The Hall–Kier alpha value is -1.57. The van der Waals surface area contributed by atoms with E-state index in [4.69, 9.17) is 0 Å². The van der Waals surface area contributed by atoms with Crippen LogP contribution in [0.5, 0.6) is 0 Å². The largest absolute Gasteiger partial charge is 0.330 e. The third-order valence-electron chi connectivity index (χ3n) is 1.56. The third-order valence-corrected chi connectivity index (χ3v) is 1.56. The van der Waals surface area contributed by atoms with Gasteiger partial charge in [-0.2, -0.15) is 0 Å².